The summed E-state index contributed by atoms with van der Waals surface area (Å²) in [5.41, 5.74) is 1.34. The molecule has 2 aliphatic rings. The molecule has 1 aromatic carbocycles. The molecule has 2 N–H and O–H groups in total. The zero-order valence-electron chi connectivity index (χ0n) is 13.7. The Morgan fingerprint density at radius 1 is 1.13 bits per heavy atom. The third-order valence-electron chi connectivity index (χ3n) is 4.85. The van der Waals surface area contributed by atoms with Crippen LogP contribution in [0.5, 0.6) is 0 Å². The summed E-state index contributed by atoms with van der Waals surface area (Å²) in [6.07, 6.45) is 3.33. The van der Waals surface area contributed by atoms with Crippen LogP contribution < -0.4 is 5.32 Å². The minimum absolute atomic E-state index is 0.00902. The van der Waals surface area contributed by atoms with Crippen LogP contribution >= 0.6 is 0 Å². The van der Waals surface area contributed by atoms with Crippen LogP contribution in [0.3, 0.4) is 0 Å². The number of likely N-dealkylation sites (tertiary alicyclic amines) is 2. The van der Waals surface area contributed by atoms with Crippen molar-refractivity contribution in [1.82, 2.24) is 15.1 Å². The van der Waals surface area contributed by atoms with Gasteiger partial charge in [0.25, 0.3) is 0 Å². The number of hydrogen-bond donors (Lipinski definition) is 2. The fraction of sp³-hybridized carbons (Fsp3) is 0.611. The second-order valence-electron chi connectivity index (χ2n) is 6.73. The van der Waals surface area contributed by atoms with Gasteiger partial charge in [0.15, 0.2) is 0 Å². The largest absolute Gasteiger partial charge is 0.391 e. The van der Waals surface area contributed by atoms with Crippen LogP contribution in [0.1, 0.15) is 31.2 Å². The van der Waals surface area contributed by atoms with E-state index >= 15 is 0 Å². The molecule has 5 nitrogen and oxygen atoms in total. The summed E-state index contributed by atoms with van der Waals surface area (Å²) >= 11 is 0. The van der Waals surface area contributed by atoms with E-state index in [2.05, 4.69) is 34.5 Å². The standard InChI is InChI=1S/C18H27N3O2/c22-17-7-4-10-21(14-17)18(23)19-16-8-11-20(12-9-16)13-15-5-2-1-3-6-15/h1-3,5-6,16-17,22H,4,7-14H2,(H,19,23)/t17-/m0/s1. The zero-order chi connectivity index (χ0) is 16.1. The third-order valence-corrected chi connectivity index (χ3v) is 4.85. The highest BCUT2D eigenvalue weighted by Gasteiger charge is 2.25. The maximum atomic E-state index is 12.3. The molecule has 0 unspecified atom stereocenters. The summed E-state index contributed by atoms with van der Waals surface area (Å²) in [5.74, 6) is 0. The fourth-order valence-corrected chi connectivity index (χ4v) is 3.48. The number of amides is 2. The Morgan fingerprint density at radius 3 is 2.57 bits per heavy atom. The van der Waals surface area contributed by atoms with Crippen LogP contribution in [0.15, 0.2) is 30.3 Å². The van der Waals surface area contributed by atoms with Gasteiger partial charge in [0, 0.05) is 38.8 Å². The Morgan fingerprint density at radius 2 is 1.87 bits per heavy atom. The molecule has 5 heteroatoms. The second kappa shape index (κ2) is 7.79. The molecule has 1 aromatic rings. The molecule has 2 heterocycles. The first-order valence-corrected chi connectivity index (χ1v) is 8.70. The number of nitrogens with one attached hydrogen (secondary N) is 1. The van der Waals surface area contributed by atoms with E-state index < -0.39 is 0 Å². The first-order chi connectivity index (χ1) is 11.2. The summed E-state index contributed by atoms with van der Waals surface area (Å²) in [4.78, 5) is 16.5. The highest BCUT2D eigenvalue weighted by molar-refractivity contribution is 5.74. The van der Waals surface area contributed by atoms with Gasteiger partial charge in [-0.2, -0.15) is 0 Å². The maximum absolute atomic E-state index is 12.3. The Balaban J connectivity index is 1.41. The molecule has 1 atom stereocenters. The number of urea groups is 1. The number of carbonyl (C=O) groups excluding carboxylic acids is 1. The van der Waals surface area contributed by atoms with E-state index in [9.17, 15) is 9.90 Å². The lowest BCUT2D eigenvalue weighted by molar-refractivity contribution is 0.0817. The third kappa shape index (κ3) is 4.69. The molecule has 0 saturated carbocycles. The first-order valence-electron chi connectivity index (χ1n) is 8.70. The second-order valence-corrected chi connectivity index (χ2v) is 6.73. The van der Waals surface area contributed by atoms with Gasteiger partial charge in [-0.1, -0.05) is 30.3 Å². The molecule has 2 fully saturated rings. The summed E-state index contributed by atoms with van der Waals surface area (Å²) in [6, 6.07) is 10.8. The van der Waals surface area contributed by atoms with Gasteiger partial charge in [0.1, 0.15) is 0 Å². The molecule has 2 saturated heterocycles. The van der Waals surface area contributed by atoms with Crippen molar-refractivity contribution in [1.29, 1.82) is 0 Å². The normalized spacial score (nSPS) is 23.7. The van der Waals surface area contributed by atoms with Crippen molar-refractivity contribution in [3.8, 4) is 0 Å². The molecule has 23 heavy (non-hydrogen) atoms. The lowest BCUT2D eigenvalue weighted by Crippen LogP contribution is -2.52. The molecule has 0 radical (unpaired) electrons. The van der Waals surface area contributed by atoms with Gasteiger partial charge in [-0.05, 0) is 31.2 Å². The number of rotatable bonds is 3. The molecule has 3 rings (SSSR count). The predicted molar refractivity (Wildman–Crippen MR) is 90.1 cm³/mol. The van der Waals surface area contributed by atoms with Gasteiger partial charge in [-0.25, -0.2) is 4.79 Å². The molecule has 0 aliphatic carbocycles. The number of benzene rings is 1. The van der Waals surface area contributed by atoms with Crippen LogP contribution in [0, 0.1) is 0 Å². The molecular formula is C18H27N3O2. The van der Waals surface area contributed by atoms with Gasteiger partial charge in [0.2, 0.25) is 0 Å². The Kier molecular flexibility index (Phi) is 5.51. The Labute approximate surface area is 138 Å². The van der Waals surface area contributed by atoms with Crippen molar-refractivity contribution < 1.29 is 9.90 Å². The van der Waals surface area contributed by atoms with E-state index in [1.807, 2.05) is 6.07 Å². The number of carbonyl (C=O) groups is 1. The van der Waals surface area contributed by atoms with E-state index in [1.54, 1.807) is 4.90 Å². The van der Waals surface area contributed by atoms with Crippen LogP contribution in [0.25, 0.3) is 0 Å². The quantitative estimate of drug-likeness (QED) is 0.894. The van der Waals surface area contributed by atoms with E-state index in [0.29, 0.717) is 6.54 Å². The minimum atomic E-state index is -0.359. The average Bonchev–Trinajstić information content (AvgIpc) is 2.57. The monoisotopic (exact) mass is 317 g/mol. The van der Waals surface area contributed by atoms with Gasteiger partial charge in [0.05, 0.1) is 6.10 Å². The number of aliphatic hydroxyl groups excluding tert-OH is 1. The fourth-order valence-electron chi connectivity index (χ4n) is 3.48. The highest BCUT2D eigenvalue weighted by Crippen LogP contribution is 2.15. The topological polar surface area (TPSA) is 55.8 Å². The van der Waals surface area contributed by atoms with Crippen molar-refractivity contribution in [3.63, 3.8) is 0 Å². The Bertz CT molecular complexity index is 500. The predicted octanol–water partition coefficient (Wildman–Crippen LogP) is 1.82. The van der Waals surface area contributed by atoms with Crippen LogP contribution in [-0.2, 0) is 6.54 Å². The number of nitrogens with zero attached hydrogens (tertiary/aromatic N) is 2. The molecule has 2 amide bonds. The number of aliphatic hydroxyl groups is 1. The molecule has 126 valence electrons. The van der Waals surface area contributed by atoms with Gasteiger partial charge >= 0.3 is 6.03 Å². The van der Waals surface area contributed by atoms with Gasteiger partial charge < -0.3 is 15.3 Å². The SMILES string of the molecule is O=C(NC1CCN(Cc2ccccc2)CC1)N1CCC[C@H](O)C1. The number of hydrogen-bond acceptors (Lipinski definition) is 3. The minimum Gasteiger partial charge on any atom is -0.391 e. The van der Waals surface area contributed by atoms with E-state index in [0.717, 1.165) is 51.9 Å². The smallest absolute Gasteiger partial charge is 0.317 e. The summed E-state index contributed by atoms with van der Waals surface area (Å²) < 4.78 is 0. The maximum Gasteiger partial charge on any atom is 0.317 e. The van der Waals surface area contributed by atoms with Crippen LogP contribution in [-0.4, -0.2) is 59.3 Å². The van der Waals surface area contributed by atoms with Crippen molar-refractivity contribution in [3.05, 3.63) is 35.9 Å². The van der Waals surface area contributed by atoms with E-state index in [4.69, 9.17) is 0 Å². The van der Waals surface area contributed by atoms with Gasteiger partial charge in [-0.15, -0.1) is 0 Å². The average molecular weight is 317 g/mol. The van der Waals surface area contributed by atoms with Crippen molar-refractivity contribution in [2.45, 2.75) is 44.4 Å². The van der Waals surface area contributed by atoms with E-state index in [1.165, 1.54) is 5.56 Å². The molecule has 0 spiro atoms. The van der Waals surface area contributed by atoms with Crippen molar-refractivity contribution in [2.24, 2.45) is 0 Å². The van der Waals surface area contributed by atoms with Crippen LogP contribution in [0.4, 0.5) is 4.79 Å². The number of piperidine rings is 2. The highest BCUT2D eigenvalue weighted by atomic mass is 16.3. The lowest BCUT2D eigenvalue weighted by atomic mass is 10.0. The summed E-state index contributed by atoms with van der Waals surface area (Å²) in [6.45, 7) is 4.25. The molecular weight excluding hydrogens is 290 g/mol. The number of β-amino-alcohol motifs (C(OH)–C–C–N with tert-alkyl or cyclic N) is 1. The zero-order valence-corrected chi connectivity index (χ0v) is 13.7. The Hall–Kier alpha value is -1.59. The molecule has 2 aliphatic heterocycles. The molecule has 0 bridgehead atoms. The van der Waals surface area contributed by atoms with Crippen molar-refractivity contribution >= 4 is 6.03 Å². The summed E-state index contributed by atoms with van der Waals surface area (Å²) in [7, 11) is 0. The van der Waals surface area contributed by atoms with Crippen molar-refractivity contribution in [2.75, 3.05) is 26.2 Å². The van der Waals surface area contributed by atoms with E-state index in [-0.39, 0.29) is 18.2 Å². The lowest BCUT2D eigenvalue weighted by Gasteiger charge is -2.35. The summed E-state index contributed by atoms with van der Waals surface area (Å²) in [5, 5.41) is 12.8. The van der Waals surface area contributed by atoms with Gasteiger partial charge in [-0.3, -0.25) is 4.90 Å². The molecule has 0 aromatic heterocycles. The first kappa shape index (κ1) is 16.3. The van der Waals surface area contributed by atoms with Crippen LogP contribution in [0.2, 0.25) is 0 Å².